The number of carbonyl (C=O) groups excluding carboxylic acids is 2. The van der Waals surface area contributed by atoms with Crippen LogP contribution in [-0.2, 0) is 19.4 Å². The van der Waals surface area contributed by atoms with Crippen molar-refractivity contribution >= 4 is 23.2 Å². The molecule has 0 atom stereocenters. The number of nitrogens with zero attached hydrogens (tertiary/aromatic N) is 1. The van der Waals surface area contributed by atoms with Crippen molar-refractivity contribution in [3.05, 3.63) is 82.4 Å². The Morgan fingerprint density at radius 1 is 0.944 bits per heavy atom. The fourth-order valence-electron chi connectivity index (χ4n) is 4.39. The van der Waals surface area contributed by atoms with Gasteiger partial charge in [-0.05, 0) is 72.0 Å². The molecular weight excluding hydrogens is 460 g/mol. The molecule has 0 bridgehead atoms. The Morgan fingerprint density at radius 2 is 1.61 bits per heavy atom. The van der Waals surface area contributed by atoms with E-state index in [0.717, 1.165) is 49.5 Å². The summed E-state index contributed by atoms with van der Waals surface area (Å²) in [7, 11) is 3.30. The van der Waals surface area contributed by atoms with Crippen molar-refractivity contribution in [2.75, 3.05) is 38.1 Å². The van der Waals surface area contributed by atoms with Gasteiger partial charge in [-0.15, -0.1) is 0 Å². The van der Waals surface area contributed by atoms with Crippen molar-refractivity contribution in [1.82, 2.24) is 4.90 Å². The lowest BCUT2D eigenvalue weighted by atomic mass is 9.98. The summed E-state index contributed by atoms with van der Waals surface area (Å²) in [5.41, 5.74) is 12.1. The van der Waals surface area contributed by atoms with E-state index in [2.05, 4.69) is 22.3 Å². The van der Waals surface area contributed by atoms with Crippen LogP contribution in [0.25, 0.3) is 0 Å². The molecule has 9 heteroatoms. The number of rotatable bonds is 9. The smallest absolute Gasteiger partial charge is 0.256 e. The van der Waals surface area contributed by atoms with Gasteiger partial charge < -0.3 is 20.5 Å². The number of hydrogen-bond acceptors (Lipinski definition) is 7. The van der Waals surface area contributed by atoms with E-state index in [0.29, 0.717) is 5.69 Å². The Morgan fingerprint density at radius 3 is 2.25 bits per heavy atom. The third-order valence-electron chi connectivity index (χ3n) is 6.38. The first-order chi connectivity index (χ1) is 17.4. The second kappa shape index (κ2) is 11.1. The second-order valence-electron chi connectivity index (χ2n) is 8.64. The number of primary amides is 1. The predicted octanol–water partition coefficient (Wildman–Crippen LogP) is 3.46. The highest BCUT2D eigenvalue weighted by Gasteiger charge is 2.20. The van der Waals surface area contributed by atoms with Crippen molar-refractivity contribution in [2.24, 2.45) is 5.73 Å². The maximum Gasteiger partial charge on any atom is 0.256 e. The van der Waals surface area contributed by atoms with Crippen LogP contribution < -0.4 is 26.0 Å². The van der Waals surface area contributed by atoms with E-state index in [9.17, 15) is 9.59 Å². The SMILES string of the molecule is COc1cc2c(cc1OC)CN(CCc1ccc(NC(=O)c3ccc(NO)cc3C(N)=O)cc1)CC2. The fourth-order valence-corrected chi connectivity index (χ4v) is 4.39. The Labute approximate surface area is 209 Å². The Bertz CT molecular complexity index is 1260. The molecular formula is C27H30N4O5. The number of hydrogen-bond donors (Lipinski definition) is 4. The average molecular weight is 491 g/mol. The molecule has 2 amide bonds. The molecule has 0 unspecified atom stereocenters. The van der Waals surface area contributed by atoms with E-state index in [-0.39, 0.29) is 16.8 Å². The Hall–Kier alpha value is -4.08. The lowest BCUT2D eigenvalue weighted by Gasteiger charge is -2.29. The summed E-state index contributed by atoms with van der Waals surface area (Å²) in [5, 5.41) is 11.8. The molecule has 4 rings (SSSR count). The van der Waals surface area contributed by atoms with Crippen molar-refractivity contribution in [1.29, 1.82) is 0 Å². The first-order valence-corrected chi connectivity index (χ1v) is 11.6. The average Bonchev–Trinajstić information content (AvgIpc) is 2.91. The minimum absolute atomic E-state index is 0.0161. The topological polar surface area (TPSA) is 126 Å². The highest BCUT2D eigenvalue weighted by Crippen LogP contribution is 2.33. The number of amides is 2. The first kappa shape index (κ1) is 25.0. The van der Waals surface area contributed by atoms with Crippen LogP contribution in [0.15, 0.2) is 54.6 Å². The summed E-state index contributed by atoms with van der Waals surface area (Å²) in [5.74, 6) is 0.298. The van der Waals surface area contributed by atoms with Crippen LogP contribution in [-0.4, -0.2) is 49.2 Å². The molecule has 1 aliphatic rings. The summed E-state index contributed by atoms with van der Waals surface area (Å²) in [6, 6.07) is 16.0. The molecule has 188 valence electrons. The second-order valence-corrected chi connectivity index (χ2v) is 8.64. The monoisotopic (exact) mass is 490 g/mol. The van der Waals surface area contributed by atoms with Gasteiger partial charge in [0.2, 0.25) is 5.91 Å². The molecule has 0 saturated heterocycles. The summed E-state index contributed by atoms with van der Waals surface area (Å²) in [4.78, 5) is 26.9. The molecule has 3 aromatic rings. The number of nitrogens with one attached hydrogen (secondary N) is 2. The molecule has 5 N–H and O–H groups in total. The van der Waals surface area contributed by atoms with E-state index in [1.807, 2.05) is 29.7 Å². The zero-order valence-corrected chi connectivity index (χ0v) is 20.3. The molecule has 0 spiro atoms. The minimum Gasteiger partial charge on any atom is -0.493 e. The van der Waals surface area contributed by atoms with Gasteiger partial charge in [-0.2, -0.15) is 0 Å². The maximum atomic E-state index is 12.7. The van der Waals surface area contributed by atoms with Crippen LogP contribution in [0, 0.1) is 0 Å². The molecule has 3 aromatic carbocycles. The number of fused-ring (bicyclic) bond motifs is 1. The lowest BCUT2D eigenvalue weighted by Crippen LogP contribution is -2.32. The zero-order chi connectivity index (χ0) is 25.7. The summed E-state index contributed by atoms with van der Waals surface area (Å²) in [6.07, 6.45) is 1.83. The molecule has 36 heavy (non-hydrogen) atoms. The van der Waals surface area contributed by atoms with Crippen LogP contribution in [0.3, 0.4) is 0 Å². The third-order valence-corrected chi connectivity index (χ3v) is 6.38. The van der Waals surface area contributed by atoms with Crippen LogP contribution >= 0.6 is 0 Å². The van der Waals surface area contributed by atoms with Crippen molar-refractivity contribution in [3.8, 4) is 11.5 Å². The quantitative estimate of drug-likeness (QED) is 0.339. The van der Waals surface area contributed by atoms with Crippen molar-refractivity contribution in [2.45, 2.75) is 19.4 Å². The van der Waals surface area contributed by atoms with Gasteiger partial charge >= 0.3 is 0 Å². The van der Waals surface area contributed by atoms with Gasteiger partial charge in [-0.3, -0.25) is 25.2 Å². The van der Waals surface area contributed by atoms with Gasteiger partial charge in [-0.1, -0.05) is 12.1 Å². The summed E-state index contributed by atoms with van der Waals surface area (Å²) < 4.78 is 10.9. The number of benzene rings is 3. The van der Waals surface area contributed by atoms with E-state index < -0.39 is 11.8 Å². The van der Waals surface area contributed by atoms with Gasteiger partial charge in [0.25, 0.3) is 5.91 Å². The largest absolute Gasteiger partial charge is 0.493 e. The van der Waals surface area contributed by atoms with Crippen LogP contribution in [0.5, 0.6) is 11.5 Å². The minimum atomic E-state index is -0.759. The molecule has 9 nitrogen and oxygen atoms in total. The Balaban J connectivity index is 1.35. The number of nitrogens with two attached hydrogens (primary N) is 1. The number of carbonyl (C=O) groups is 2. The van der Waals surface area contributed by atoms with Crippen LogP contribution in [0.4, 0.5) is 11.4 Å². The van der Waals surface area contributed by atoms with E-state index in [1.54, 1.807) is 14.2 Å². The number of anilines is 2. The number of methoxy groups -OCH3 is 2. The van der Waals surface area contributed by atoms with Crippen LogP contribution in [0.2, 0.25) is 0 Å². The van der Waals surface area contributed by atoms with E-state index in [1.165, 1.54) is 29.3 Å². The third kappa shape index (κ3) is 5.59. The fraction of sp³-hybridized carbons (Fsp3) is 0.259. The zero-order valence-electron chi connectivity index (χ0n) is 20.3. The van der Waals surface area contributed by atoms with Crippen molar-refractivity contribution in [3.63, 3.8) is 0 Å². The standard InChI is InChI=1S/C27H30N4O5/c1-35-24-13-18-10-12-31(16-19(18)14-25(24)36-2)11-9-17-3-5-20(6-4-17)29-27(33)22-8-7-21(30-34)15-23(22)26(28)32/h3-8,13-15,30,34H,9-12,16H2,1-2H3,(H2,28,32)(H,29,33). The molecule has 0 radical (unpaired) electrons. The van der Waals surface area contributed by atoms with Gasteiger partial charge in [0, 0.05) is 25.3 Å². The van der Waals surface area contributed by atoms with Gasteiger partial charge in [0.15, 0.2) is 11.5 Å². The molecule has 0 aromatic heterocycles. The van der Waals surface area contributed by atoms with E-state index in [4.69, 9.17) is 20.4 Å². The summed E-state index contributed by atoms with van der Waals surface area (Å²) >= 11 is 0. The molecule has 1 heterocycles. The molecule has 0 fully saturated rings. The number of ether oxygens (including phenoxy) is 2. The molecule has 0 aliphatic carbocycles. The molecule has 1 aliphatic heterocycles. The van der Waals surface area contributed by atoms with Gasteiger partial charge in [-0.25, -0.2) is 0 Å². The van der Waals surface area contributed by atoms with Gasteiger partial charge in [0.1, 0.15) is 0 Å². The highest BCUT2D eigenvalue weighted by molar-refractivity contribution is 6.12. The van der Waals surface area contributed by atoms with E-state index >= 15 is 0 Å². The first-order valence-electron chi connectivity index (χ1n) is 11.6. The normalized spacial score (nSPS) is 13.0. The Kier molecular flexibility index (Phi) is 7.72. The maximum absolute atomic E-state index is 12.7. The van der Waals surface area contributed by atoms with Crippen LogP contribution in [0.1, 0.15) is 37.4 Å². The summed E-state index contributed by atoms with van der Waals surface area (Å²) in [6.45, 7) is 2.74. The molecule has 0 saturated carbocycles. The van der Waals surface area contributed by atoms with Crippen molar-refractivity contribution < 1.29 is 24.3 Å². The van der Waals surface area contributed by atoms with Gasteiger partial charge in [0.05, 0.1) is 31.0 Å². The predicted molar refractivity (Wildman–Crippen MR) is 137 cm³/mol. The highest BCUT2D eigenvalue weighted by atomic mass is 16.5. The lowest BCUT2D eigenvalue weighted by molar-refractivity contribution is 0.0977.